The molecule has 102 valence electrons. The van der Waals surface area contributed by atoms with Crippen molar-refractivity contribution in [2.24, 2.45) is 0 Å². The summed E-state index contributed by atoms with van der Waals surface area (Å²) in [7, 11) is 3.19. The number of nitrogens with one attached hydrogen (secondary N) is 1. The van der Waals surface area contributed by atoms with Crippen molar-refractivity contribution in [1.29, 1.82) is 0 Å². The molecule has 3 N–H and O–H groups in total. The molecule has 4 atom stereocenters. The molecule has 1 saturated heterocycles. The van der Waals surface area contributed by atoms with Gasteiger partial charge in [-0.2, -0.15) is 0 Å². The van der Waals surface area contributed by atoms with E-state index >= 15 is 0 Å². The van der Waals surface area contributed by atoms with Crippen molar-refractivity contribution in [3.05, 3.63) is 0 Å². The first kappa shape index (κ1) is 14.9. The van der Waals surface area contributed by atoms with Crippen LogP contribution < -0.4 is 5.32 Å². The van der Waals surface area contributed by atoms with Gasteiger partial charge in [-0.05, 0) is 27.7 Å². The lowest BCUT2D eigenvalue weighted by molar-refractivity contribution is -0.0651. The van der Waals surface area contributed by atoms with Crippen LogP contribution in [0.15, 0.2) is 0 Å². The van der Waals surface area contributed by atoms with Gasteiger partial charge in [-0.3, -0.25) is 0 Å². The molecule has 1 heterocycles. The lowest BCUT2D eigenvalue weighted by atomic mass is 9.91. The summed E-state index contributed by atoms with van der Waals surface area (Å²) in [6, 6.07) is -0.663. The summed E-state index contributed by atoms with van der Waals surface area (Å²) in [5, 5.41) is 23.4. The number of methoxy groups -OCH3 is 2. The molecule has 0 aliphatic carbocycles. The van der Waals surface area contributed by atoms with Gasteiger partial charge in [0.2, 0.25) is 0 Å². The first-order valence-electron chi connectivity index (χ1n) is 5.90. The molecule has 0 spiro atoms. The van der Waals surface area contributed by atoms with Gasteiger partial charge in [-0.25, -0.2) is 0 Å². The van der Waals surface area contributed by atoms with Crippen LogP contribution in [0.25, 0.3) is 0 Å². The van der Waals surface area contributed by atoms with E-state index in [2.05, 4.69) is 5.32 Å². The molecule has 0 radical (unpaired) electrons. The molecule has 0 aromatic rings. The van der Waals surface area contributed by atoms with Gasteiger partial charge in [-0.15, -0.1) is 0 Å². The summed E-state index contributed by atoms with van der Waals surface area (Å²) in [5.41, 5.74) is -1.11. The molecule has 1 rings (SSSR count). The van der Waals surface area contributed by atoms with E-state index in [9.17, 15) is 10.2 Å². The van der Waals surface area contributed by atoms with Gasteiger partial charge in [0.25, 0.3) is 0 Å². The Hall–Kier alpha value is -0.200. The predicted octanol–water partition coefficient (Wildman–Crippen LogP) is -0.101. The average molecular weight is 247 g/mol. The Morgan fingerprint density at radius 2 is 1.12 bits per heavy atom. The quantitative estimate of drug-likeness (QED) is 0.647. The molecule has 0 aromatic heterocycles. The second-order valence-electron chi connectivity index (χ2n) is 5.72. The standard InChI is InChI=1S/C12H25NO4/c1-11(2,16-5)9-7(14)8(15)10(13-9)12(3,4)17-6/h7-10,13-15H,1-6H3. The minimum Gasteiger partial charge on any atom is -0.389 e. The van der Waals surface area contributed by atoms with Gasteiger partial charge in [0.15, 0.2) is 0 Å². The van der Waals surface area contributed by atoms with Gasteiger partial charge in [0.05, 0.1) is 35.5 Å². The zero-order chi connectivity index (χ0) is 13.4. The summed E-state index contributed by atoms with van der Waals surface area (Å²) < 4.78 is 10.7. The highest BCUT2D eigenvalue weighted by Crippen LogP contribution is 2.31. The van der Waals surface area contributed by atoms with Crippen molar-refractivity contribution >= 4 is 0 Å². The lowest BCUT2D eigenvalue weighted by Gasteiger charge is -2.34. The third-order valence-corrected chi connectivity index (χ3v) is 3.94. The van der Waals surface area contributed by atoms with Gasteiger partial charge in [-0.1, -0.05) is 0 Å². The van der Waals surface area contributed by atoms with Crippen molar-refractivity contribution in [3.63, 3.8) is 0 Å². The maximum Gasteiger partial charge on any atom is 0.0996 e. The first-order chi connectivity index (χ1) is 7.67. The third kappa shape index (κ3) is 2.63. The van der Waals surface area contributed by atoms with E-state index in [-0.39, 0.29) is 12.1 Å². The SMILES string of the molecule is COC(C)(C)C1NC(C(C)(C)OC)C(O)C1O. The van der Waals surface area contributed by atoms with Crippen molar-refractivity contribution in [2.75, 3.05) is 14.2 Å². The molecule has 1 aliphatic heterocycles. The zero-order valence-corrected chi connectivity index (χ0v) is 11.5. The highest BCUT2D eigenvalue weighted by Gasteiger charge is 2.52. The zero-order valence-electron chi connectivity index (χ0n) is 11.5. The van der Waals surface area contributed by atoms with E-state index in [4.69, 9.17) is 9.47 Å². The topological polar surface area (TPSA) is 71.0 Å². The Labute approximate surface area is 103 Å². The van der Waals surface area contributed by atoms with Gasteiger partial charge >= 0.3 is 0 Å². The summed E-state index contributed by atoms with van der Waals surface area (Å²) in [6.07, 6.45) is -1.74. The second kappa shape index (κ2) is 4.82. The van der Waals surface area contributed by atoms with E-state index in [1.807, 2.05) is 27.7 Å². The lowest BCUT2D eigenvalue weighted by Crippen LogP contribution is -2.54. The summed E-state index contributed by atoms with van der Waals surface area (Å²) >= 11 is 0. The average Bonchev–Trinajstić information content (AvgIpc) is 2.57. The van der Waals surface area contributed by atoms with Crippen LogP contribution in [-0.2, 0) is 9.47 Å². The van der Waals surface area contributed by atoms with E-state index in [0.717, 1.165) is 0 Å². The number of hydrogen-bond donors (Lipinski definition) is 3. The maximum absolute atomic E-state index is 10.1. The van der Waals surface area contributed by atoms with E-state index in [1.165, 1.54) is 0 Å². The molecule has 5 nitrogen and oxygen atoms in total. The van der Waals surface area contributed by atoms with Crippen LogP contribution in [0.5, 0.6) is 0 Å². The number of hydrogen-bond acceptors (Lipinski definition) is 5. The molecule has 0 saturated carbocycles. The van der Waals surface area contributed by atoms with Crippen LogP contribution in [0.4, 0.5) is 0 Å². The Bertz CT molecular complexity index is 241. The minimum atomic E-state index is -0.871. The number of aliphatic hydroxyl groups excluding tert-OH is 2. The Balaban J connectivity index is 2.90. The Morgan fingerprint density at radius 1 is 0.824 bits per heavy atom. The third-order valence-electron chi connectivity index (χ3n) is 3.94. The molecule has 4 unspecified atom stereocenters. The largest absolute Gasteiger partial charge is 0.389 e. The summed E-state index contributed by atoms with van der Waals surface area (Å²) in [5.74, 6) is 0. The Kier molecular flexibility index (Phi) is 4.21. The molecule has 0 aromatic carbocycles. The number of ether oxygens (including phenoxy) is 2. The molecule has 1 fully saturated rings. The molecule has 17 heavy (non-hydrogen) atoms. The van der Waals surface area contributed by atoms with Crippen molar-refractivity contribution in [2.45, 2.75) is 63.2 Å². The minimum absolute atomic E-state index is 0.332. The van der Waals surface area contributed by atoms with Crippen LogP contribution in [0.3, 0.4) is 0 Å². The summed E-state index contributed by atoms with van der Waals surface area (Å²) in [6.45, 7) is 7.51. The predicted molar refractivity (Wildman–Crippen MR) is 64.9 cm³/mol. The van der Waals surface area contributed by atoms with Crippen LogP contribution >= 0.6 is 0 Å². The van der Waals surface area contributed by atoms with Crippen LogP contribution in [0, 0.1) is 0 Å². The fourth-order valence-electron chi connectivity index (χ4n) is 2.26. The van der Waals surface area contributed by atoms with Crippen molar-refractivity contribution in [3.8, 4) is 0 Å². The first-order valence-corrected chi connectivity index (χ1v) is 5.90. The normalized spacial score (nSPS) is 35.3. The highest BCUT2D eigenvalue weighted by atomic mass is 16.5. The van der Waals surface area contributed by atoms with E-state index < -0.39 is 23.4 Å². The van der Waals surface area contributed by atoms with Gasteiger partial charge < -0.3 is 25.0 Å². The molecule has 0 amide bonds. The van der Waals surface area contributed by atoms with Crippen LogP contribution in [-0.4, -0.2) is 59.9 Å². The molecule has 5 heteroatoms. The second-order valence-corrected chi connectivity index (χ2v) is 5.72. The molecule has 1 aliphatic rings. The smallest absolute Gasteiger partial charge is 0.0996 e. The highest BCUT2D eigenvalue weighted by molar-refractivity contribution is 5.09. The van der Waals surface area contributed by atoms with Crippen LogP contribution in [0.2, 0.25) is 0 Å². The van der Waals surface area contributed by atoms with Crippen molar-refractivity contribution < 1.29 is 19.7 Å². The fourth-order valence-corrected chi connectivity index (χ4v) is 2.26. The molecular weight excluding hydrogens is 222 g/mol. The van der Waals surface area contributed by atoms with Gasteiger partial charge in [0.1, 0.15) is 0 Å². The van der Waals surface area contributed by atoms with Crippen LogP contribution in [0.1, 0.15) is 27.7 Å². The fraction of sp³-hybridized carbons (Fsp3) is 1.00. The summed E-state index contributed by atoms with van der Waals surface area (Å²) in [4.78, 5) is 0. The van der Waals surface area contributed by atoms with E-state index in [0.29, 0.717) is 0 Å². The van der Waals surface area contributed by atoms with Gasteiger partial charge in [0, 0.05) is 14.2 Å². The number of aliphatic hydroxyl groups is 2. The maximum atomic E-state index is 10.1. The van der Waals surface area contributed by atoms with E-state index in [1.54, 1.807) is 14.2 Å². The molecule has 0 bridgehead atoms. The van der Waals surface area contributed by atoms with Crippen molar-refractivity contribution in [1.82, 2.24) is 5.32 Å². The number of rotatable bonds is 4. The molecular formula is C12H25NO4. The monoisotopic (exact) mass is 247 g/mol. The Morgan fingerprint density at radius 3 is 1.35 bits per heavy atom.